The Kier molecular flexibility index (Phi) is 7.41. The van der Waals surface area contributed by atoms with Gasteiger partial charge in [0, 0.05) is 44.5 Å². The topological polar surface area (TPSA) is 119 Å². The number of rotatable bonds is 9. The van der Waals surface area contributed by atoms with Gasteiger partial charge < -0.3 is 20.1 Å². The number of carbonyl (C=O) groups excluding carboxylic acids is 1. The number of amides is 1. The van der Waals surface area contributed by atoms with Crippen LogP contribution in [0.2, 0.25) is 0 Å². The summed E-state index contributed by atoms with van der Waals surface area (Å²) < 4.78 is 12.3. The third-order valence-electron chi connectivity index (χ3n) is 5.88. The fraction of sp³-hybridized carbons (Fsp3) is 0.320. The zero-order chi connectivity index (χ0) is 24.7. The fourth-order valence-corrected chi connectivity index (χ4v) is 4.00. The molecule has 1 amide bonds. The van der Waals surface area contributed by atoms with Crippen molar-refractivity contribution in [3.05, 3.63) is 65.9 Å². The Morgan fingerprint density at radius 2 is 1.97 bits per heavy atom. The van der Waals surface area contributed by atoms with Crippen LogP contribution in [0.25, 0.3) is 16.9 Å². The molecule has 1 aliphatic heterocycles. The van der Waals surface area contributed by atoms with Gasteiger partial charge in [-0.1, -0.05) is 17.3 Å². The standard InChI is InChI=1S/C25H28N8O3/c1-35-17-18-3-2-4-21(15-18)33-23-22(30-31-33)16-27-25(29-23)28-20-7-5-19(6-8-20)24(34)26-9-10-32-11-13-36-14-12-32/h2-8,15-16H,9-14,17H2,1H3,(H,26,34)(H,27,28,29). The molecular formula is C25H28N8O3. The Labute approximate surface area is 208 Å². The molecule has 2 aromatic carbocycles. The predicted octanol–water partition coefficient (Wildman–Crippen LogP) is 2.16. The third-order valence-corrected chi connectivity index (χ3v) is 5.88. The summed E-state index contributed by atoms with van der Waals surface area (Å²) in [6, 6.07) is 15.1. The van der Waals surface area contributed by atoms with E-state index in [1.54, 1.807) is 30.1 Å². The molecule has 0 unspecified atom stereocenters. The van der Waals surface area contributed by atoms with Gasteiger partial charge in [-0.25, -0.2) is 4.98 Å². The van der Waals surface area contributed by atoms with Gasteiger partial charge in [-0.2, -0.15) is 9.67 Å². The number of morpholine rings is 1. The number of nitrogens with one attached hydrogen (secondary N) is 2. The van der Waals surface area contributed by atoms with E-state index < -0.39 is 0 Å². The summed E-state index contributed by atoms with van der Waals surface area (Å²) in [7, 11) is 1.66. The third kappa shape index (κ3) is 5.65. The zero-order valence-electron chi connectivity index (χ0n) is 20.1. The summed E-state index contributed by atoms with van der Waals surface area (Å²) in [6.07, 6.45) is 1.63. The number of aromatic nitrogens is 5. The van der Waals surface area contributed by atoms with Gasteiger partial charge in [0.15, 0.2) is 11.2 Å². The van der Waals surface area contributed by atoms with Crippen LogP contribution < -0.4 is 10.6 Å². The molecule has 0 atom stereocenters. The van der Waals surface area contributed by atoms with Crippen molar-refractivity contribution >= 4 is 28.7 Å². The highest BCUT2D eigenvalue weighted by Gasteiger charge is 2.13. The molecule has 186 valence electrons. The van der Waals surface area contributed by atoms with Crippen LogP contribution in [-0.4, -0.2) is 82.3 Å². The molecule has 1 saturated heterocycles. The summed E-state index contributed by atoms with van der Waals surface area (Å²) in [4.78, 5) is 23.7. The van der Waals surface area contributed by atoms with Crippen LogP contribution in [-0.2, 0) is 16.1 Å². The van der Waals surface area contributed by atoms with E-state index in [1.807, 2.05) is 36.4 Å². The van der Waals surface area contributed by atoms with E-state index in [0.29, 0.717) is 35.8 Å². The monoisotopic (exact) mass is 488 g/mol. The number of anilines is 2. The lowest BCUT2D eigenvalue weighted by atomic mass is 10.2. The smallest absolute Gasteiger partial charge is 0.251 e. The van der Waals surface area contributed by atoms with Crippen LogP contribution in [0.3, 0.4) is 0 Å². The van der Waals surface area contributed by atoms with Gasteiger partial charge >= 0.3 is 0 Å². The average molecular weight is 489 g/mol. The van der Waals surface area contributed by atoms with Crippen molar-refractivity contribution in [1.29, 1.82) is 0 Å². The molecule has 2 aromatic heterocycles. The molecule has 11 heteroatoms. The van der Waals surface area contributed by atoms with E-state index in [2.05, 4.69) is 35.8 Å². The minimum absolute atomic E-state index is 0.0989. The second-order valence-corrected chi connectivity index (χ2v) is 8.42. The highest BCUT2D eigenvalue weighted by Crippen LogP contribution is 2.19. The molecule has 0 spiro atoms. The summed E-state index contributed by atoms with van der Waals surface area (Å²) in [5, 5.41) is 14.6. The first-order valence-electron chi connectivity index (χ1n) is 11.8. The summed E-state index contributed by atoms with van der Waals surface area (Å²) >= 11 is 0. The number of hydrogen-bond donors (Lipinski definition) is 2. The first-order chi connectivity index (χ1) is 17.7. The lowest BCUT2D eigenvalue weighted by Crippen LogP contribution is -2.41. The summed E-state index contributed by atoms with van der Waals surface area (Å²) in [5.74, 6) is 0.306. The molecule has 5 rings (SSSR count). The Balaban J connectivity index is 1.23. The van der Waals surface area contributed by atoms with Crippen molar-refractivity contribution in [1.82, 2.24) is 35.2 Å². The number of methoxy groups -OCH3 is 1. The lowest BCUT2D eigenvalue weighted by molar-refractivity contribution is 0.0383. The van der Waals surface area contributed by atoms with Crippen molar-refractivity contribution < 1.29 is 14.3 Å². The largest absolute Gasteiger partial charge is 0.380 e. The van der Waals surface area contributed by atoms with E-state index >= 15 is 0 Å². The van der Waals surface area contributed by atoms with Crippen LogP contribution in [0, 0.1) is 0 Å². The summed E-state index contributed by atoms with van der Waals surface area (Å²) in [5.41, 5.74) is 4.38. The van der Waals surface area contributed by atoms with Crippen LogP contribution >= 0.6 is 0 Å². The maximum absolute atomic E-state index is 12.5. The number of ether oxygens (including phenoxy) is 2. The van der Waals surface area contributed by atoms with Gasteiger partial charge in [-0.15, -0.1) is 5.10 Å². The van der Waals surface area contributed by atoms with E-state index in [-0.39, 0.29) is 5.91 Å². The van der Waals surface area contributed by atoms with Gasteiger partial charge in [0.05, 0.1) is 31.7 Å². The second kappa shape index (κ2) is 11.2. The highest BCUT2D eigenvalue weighted by molar-refractivity contribution is 5.94. The van der Waals surface area contributed by atoms with Gasteiger partial charge in [-0.05, 0) is 42.0 Å². The molecule has 0 aliphatic carbocycles. The molecule has 36 heavy (non-hydrogen) atoms. The molecule has 1 aliphatic rings. The zero-order valence-corrected chi connectivity index (χ0v) is 20.1. The van der Waals surface area contributed by atoms with Crippen molar-refractivity contribution in [2.75, 3.05) is 51.8 Å². The van der Waals surface area contributed by atoms with Gasteiger partial charge in [0.1, 0.15) is 0 Å². The van der Waals surface area contributed by atoms with Crippen molar-refractivity contribution in [3.8, 4) is 5.69 Å². The molecule has 4 aromatic rings. The maximum Gasteiger partial charge on any atom is 0.251 e. The Morgan fingerprint density at radius 1 is 1.14 bits per heavy atom. The maximum atomic E-state index is 12.5. The first-order valence-corrected chi connectivity index (χ1v) is 11.8. The average Bonchev–Trinajstić information content (AvgIpc) is 3.33. The minimum atomic E-state index is -0.0989. The van der Waals surface area contributed by atoms with E-state index in [1.165, 1.54) is 0 Å². The SMILES string of the molecule is COCc1cccc(-n2nnc3cnc(Nc4ccc(C(=O)NCCN5CCOCC5)cc4)nc32)c1. The molecule has 0 bridgehead atoms. The Hall–Kier alpha value is -3.93. The number of carbonyl (C=O) groups is 1. The fourth-order valence-electron chi connectivity index (χ4n) is 4.00. The van der Waals surface area contributed by atoms with Crippen molar-refractivity contribution in [3.63, 3.8) is 0 Å². The number of nitrogens with zero attached hydrogens (tertiary/aromatic N) is 6. The number of hydrogen-bond acceptors (Lipinski definition) is 9. The van der Waals surface area contributed by atoms with E-state index in [9.17, 15) is 4.79 Å². The highest BCUT2D eigenvalue weighted by atomic mass is 16.5. The van der Waals surface area contributed by atoms with E-state index in [0.717, 1.165) is 49.8 Å². The Bertz CT molecular complexity index is 1320. The molecule has 1 fully saturated rings. The normalized spacial score (nSPS) is 14.1. The molecule has 0 saturated carbocycles. The number of fused-ring (bicyclic) bond motifs is 1. The van der Waals surface area contributed by atoms with Gasteiger partial charge in [0.25, 0.3) is 5.91 Å². The first kappa shape index (κ1) is 23.8. The Morgan fingerprint density at radius 3 is 2.78 bits per heavy atom. The quantitative estimate of drug-likeness (QED) is 0.365. The van der Waals surface area contributed by atoms with Crippen LogP contribution in [0.4, 0.5) is 11.6 Å². The van der Waals surface area contributed by atoms with E-state index in [4.69, 9.17) is 9.47 Å². The van der Waals surface area contributed by atoms with Gasteiger partial charge in [-0.3, -0.25) is 9.69 Å². The van der Waals surface area contributed by atoms with Gasteiger partial charge in [0.2, 0.25) is 5.95 Å². The molecule has 0 radical (unpaired) electrons. The predicted molar refractivity (Wildman–Crippen MR) is 134 cm³/mol. The summed E-state index contributed by atoms with van der Waals surface area (Å²) in [6.45, 7) is 5.23. The number of benzene rings is 2. The lowest BCUT2D eigenvalue weighted by Gasteiger charge is -2.26. The molecule has 11 nitrogen and oxygen atoms in total. The second-order valence-electron chi connectivity index (χ2n) is 8.42. The minimum Gasteiger partial charge on any atom is -0.380 e. The van der Waals surface area contributed by atoms with Crippen LogP contribution in [0.1, 0.15) is 15.9 Å². The molecule has 3 heterocycles. The molecule has 2 N–H and O–H groups in total. The molecular weight excluding hydrogens is 460 g/mol. The van der Waals surface area contributed by atoms with Crippen molar-refractivity contribution in [2.45, 2.75) is 6.61 Å². The van der Waals surface area contributed by atoms with Crippen LogP contribution in [0.15, 0.2) is 54.7 Å². The van der Waals surface area contributed by atoms with Crippen LogP contribution in [0.5, 0.6) is 0 Å². The van der Waals surface area contributed by atoms with Crippen molar-refractivity contribution in [2.24, 2.45) is 0 Å².